The van der Waals surface area contributed by atoms with E-state index in [-0.39, 0.29) is 41.6 Å². The molecular formula is C26H19BrN4O9. The van der Waals surface area contributed by atoms with Crippen molar-refractivity contribution < 1.29 is 33.7 Å². The van der Waals surface area contributed by atoms with E-state index in [2.05, 4.69) is 21.2 Å². The molecular weight excluding hydrogens is 592 g/mol. The predicted octanol–water partition coefficient (Wildman–Crippen LogP) is 4.91. The number of non-ortho nitro benzene ring substituents is 2. The van der Waals surface area contributed by atoms with Crippen LogP contribution < -0.4 is 19.7 Å². The quantitative estimate of drug-likeness (QED) is 0.153. The number of carbonyl (C=O) groups excluding carboxylic acids is 3. The van der Waals surface area contributed by atoms with Crippen LogP contribution in [0.15, 0.2) is 70.7 Å². The van der Waals surface area contributed by atoms with Crippen LogP contribution in [0.3, 0.4) is 0 Å². The maximum absolute atomic E-state index is 13.2. The number of ether oxygens (including phenoxy) is 2. The number of benzene rings is 3. The summed E-state index contributed by atoms with van der Waals surface area (Å²) >= 11 is 3.42. The molecule has 13 nitrogen and oxygen atoms in total. The Labute approximate surface area is 234 Å². The van der Waals surface area contributed by atoms with Gasteiger partial charge in [-0.05, 0) is 76.5 Å². The van der Waals surface area contributed by atoms with Crippen molar-refractivity contribution in [2.24, 2.45) is 0 Å². The number of amides is 4. The smallest absolute Gasteiger partial charge is 0.335 e. The van der Waals surface area contributed by atoms with E-state index in [1.165, 1.54) is 30.3 Å². The number of nitro groups is 2. The van der Waals surface area contributed by atoms with Crippen LogP contribution in [-0.4, -0.2) is 34.3 Å². The minimum atomic E-state index is -0.993. The Morgan fingerprint density at radius 2 is 1.52 bits per heavy atom. The Hall–Kier alpha value is -5.11. The number of rotatable bonds is 9. The number of nitrogens with one attached hydrogen (secondary N) is 1. The molecule has 1 heterocycles. The topological polar surface area (TPSA) is 171 Å². The summed E-state index contributed by atoms with van der Waals surface area (Å²) in [5, 5.41) is 23.9. The third-order valence-corrected chi connectivity index (χ3v) is 6.18. The summed E-state index contributed by atoms with van der Waals surface area (Å²) in [6, 6.07) is 12.7. The number of anilines is 1. The number of barbiturate groups is 1. The summed E-state index contributed by atoms with van der Waals surface area (Å²) < 4.78 is 12.0. The lowest BCUT2D eigenvalue weighted by molar-refractivity contribution is -0.385. The van der Waals surface area contributed by atoms with Gasteiger partial charge in [0.15, 0.2) is 11.5 Å². The monoisotopic (exact) mass is 610 g/mol. The minimum Gasteiger partial charge on any atom is -0.490 e. The maximum atomic E-state index is 13.2. The van der Waals surface area contributed by atoms with Crippen molar-refractivity contribution in [3.8, 4) is 11.5 Å². The predicted molar refractivity (Wildman–Crippen MR) is 145 cm³/mol. The first kappa shape index (κ1) is 27.9. The van der Waals surface area contributed by atoms with E-state index >= 15 is 0 Å². The van der Waals surface area contributed by atoms with Gasteiger partial charge >= 0.3 is 6.03 Å². The fraction of sp³-hybridized carbons (Fsp3) is 0.115. The molecule has 1 N–H and O–H groups in total. The zero-order valence-electron chi connectivity index (χ0n) is 20.7. The molecule has 0 spiro atoms. The van der Waals surface area contributed by atoms with Gasteiger partial charge in [-0.1, -0.05) is 0 Å². The van der Waals surface area contributed by atoms with Gasteiger partial charge in [-0.15, -0.1) is 0 Å². The molecule has 1 aliphatic rings. The van der Waals surface area contributed by atoms with Gasteiger partial charge in [0.25, 0.3) is 23.2 Å². The fourth-order valence-electron chi connectivity index (χ4n) is 3.73. The highest BCUT2D eigenvalue weighted by Gasteiger charge is 2.37. The van der Waals surface area contributed by atoms with Crippen LogP contribution in [0.5, 0.6) is 11.5 Å². The SMILES string of the molecule is CCOc1cc(/C=C2\C(=O)NC(=O)N(c3ccc([N+](=O)[O-])cc3)C2=O)cc(Br)c1OCc1ccc([N+](=O)[O-])cc1. The van der Waals surface area contributed by atoms with E-state index in [0.29, 0.717) is 26.2 Å². The molecule has 40 heavy (non-hydrogen) atoms. The van der Waals surface area contributed by atoms with Crippen molar-refractivity contribution in [1.82, 2.24) is 5.32 Å². The number of carbonyl (C=O) groups is 3. The zero-order valence-corrected chi connectivity index (χ0v) is 22.2. The minimum absolute atomic E-state index is 0.0395. The summed E-state index contributed by atoms with van der Waals surface area (Å²) in [6.45, 7) is 2.09. The Balaban J connectivity index is 1.62. The van der Waals surface area contributed by atoms with E-state index in [0.717, 1.165) is 12.1 Å². The Bertz CT molecular complexity index is 1550. The molecule has 4 amide bonds. The Morgan fingerprint density at radius 1 is 0.925 bits per heavy atom. The zero-order chi connectivity index (χ0) is 29.0. The van der Waals surface area contributed by atoms with Crippen molar-refractivity contribution in [3.05, 3.63) is 102 Å². The maximum Gasteiger partial charge on any atom is 0.335 e. The number of hydrogen-bond donors (Lipinski definition) is 1. The van der Waals surface area contributed by atoms with E-state index < -0.39 is 27.7 Å². The van der Waals surface area contributed by atoms with Gasteiger partial charge in [-0.25, -0.2) is 9.69 Å². The first-order valence-corrected chi connectivity index (χ1v) is 12.4. The van der Waals surface area contributed by atoms with Gasteiger partial charge in [0.2, 0.25) is 0 Å². The molecule has 3 aromatic rings. The van der Waals surface area contributed by atoms with Crippen LogP contribution in [0, 0.1) is 20.2 Å². The lowest BCUT2D eigenvalue weighted by Crippen LogP contribution is -2.54. The Kier molecular flexibility index (Phi) is 8.19. The van der Waals surface area contributed by atoms with Crippen molar-refractivity contribution in [2.75, 3.05) is 11.5 Å². The fourth-order valence-corrected chi connectivity index (χ4v) is 4.30. The van der Waals surface area contributed by atoms with Gasteiger partial charge in [-0.2, -0.15) is 0 Å². The molecule has 0 bridgehead atoms. The van der Waals surface area contributed by atoms with Gasteiger partial charge in [0, 0.05) is 24.3 Å². The number of halogens is 1. The molecule has 1 fully saturated rings. The van der Waals surface area contributed by atoms with Gasteiger partial charge in [-0.3, -0.25) is 35.1 Å². The lowest BCUT2D eigenvalue weighted by atomic mass is 10.1. The average molecular weight is 611 g/mol. The molecule has 0 aliphatic carbocycles. The second kappa shape index (κ2) is 11.7. The summed E-state index contributed by atoms with van der Waals surface area (Å²) in [4.78, 5) is 59.6. The molecule has 4 rings (SSSR count). The lowest BCUT2D eigenvalue weighted by Gasteiger charge is -2.26. The normalized spacial score (nSPS) is 14.2. The molecule has 204 valence electrons. The van der Waals surface area contributed by atoms with Gasteiger partial charge in [0.05, 0.1) is 26.6 Å². The molecule has 0 aromatic heterocycles. The number of hydrogen-bond acceptors (Lipinski definition) is 9. The van der Waals surface area contributed by atoms with Crippen molar-refractivity contribution in [2.45, 2.75) is 13.5 Å². The molecule has 0 radical (unpaired) electrons. The summed E-state index contributed by atoms with van der Waals surface area (Å²) in [5.41, 5.74) is 0.447. The van der Waals surface area contributed by atoms with Crippen LogP contribution in [0.1, 0.15) is 18.1 Å². The summed E-state index contributed by atoms with van der Waals surface area (Å²) in [7, 11) is 0. The second-order valence-corrected chi connectivity index (χ2v) is 9.06. The first-order valence-electron chi connectivity index (χ1n) is 11.6. The van der Waals surface area contributed by atoms with E-state index in [1.807, 2.05) is 0 Å². The standard InChI is InChI=1S/C26H19BrN4O9/c1-2-39-22-13-16(12-21(27)23(22)40-14-15-3-5-18(6-4-15)30(35)36)11-20-24(32)28-26(34)29(25(20)33)17-7-9-19(10-8-17)31(37)38/h3-13H,2,14H2,1H3,(H,28,32,34)/b20-11+. The summed E-state index contributed by atoms with van der Waals surface area (Å²) in [5.74, 6) is -1.22. The molecule has 0 unspecified atom stereocenters. The average Bonchev–Trinajstić information content (AvgIpc) is 2.91. The molecule has 1 aliphatic heterocycles. The van der Waals surface area contributed by atoms with E-state index in [4.69, 9.17) is 9.47 Å². The third kappa shape index (κ3) is 5.96. The number of nitro benzene ring substituents is 2. The molecule has 0 atom stereocenters. The molecule has 0 saturated carbocycles. The van der Waals surface area contributed by atoms with Crippen LogP contribution in [0.25, 0.3) is 6.08 Å². The second-order valence-electron chi connectivity index (χ2n) is 8.21. The molecule has 14 heteroatoms. The van der Waals surface area contributed by atoms with Crippen LogP contribution >= 0.6 is 15.9 Å². The van der Waals surface area contributed by atoms with E-state index in [9.17, 15) is 34.6 Å². The summed E-state index contributed by atoms with van der Waals surface area (Å²) in [6.07, 6.45) is 1.27. The van der Waals surface area contributed by atoms with Gasteiger partial charge < -0.3 is 9.47 Å². The van der Waals surface area contributed by atoms with Crippen LogP contribution in [0.2, 0.25) is 0 Å². The third-order valence-electron chi connectivity index (χ3n) is 5.59. The Morgan fingerprint density at radius 3 is 2.10 bits per heavy atom. The molecule has 3 aromatic carbocycles. The first-order chi connectivity index (χ1) is 19.1. The van der Waals surface area contributed by atoms with Crippen LogP contribution in [0.4, 0.5) is 21.9 Å². The number of urea groups is 1. The van der Waals surface area contributed by atoms with Crippen LogP contribution in [-0.2, 0) is 16.2 Å². The van der Waals surface area contributed by atoms with Crippen molar-refractivity contribution in [3.63, 3.8) is 0 Å². The molecule has 1 saturated heterocycles. The highest BCUT2D eigenvalue weighted by atomic mass is 79.9. The van der Waals surface area contributed by atoms with E-state index in [1.54, 1.807) is 31.2 Å². The van der Waals surface area contributed by atoms with Crippen molar-refractivity contribution >= 4 is 56.9 Å². The van der Waals surface area contributed by atoms with Gasteiger partial charge in [0.1, 0.15) is 12.2 Å². The van der Waals surface area contributed by atoms with Crippen molar-refractivity contribution in [1.29, 1.82) is 0 Å². The largest absolute Gasteiger partial charge is 0.490 e. The highest BCUT2D eigenvalue weighted by molar-refractivity contribution is 9.10. The highest BCUT2D eigenvalue weighted by Crippen LogP contribution is 2.38. The number of nitrogens with zero attached hydrogens (tertiary/aromatic N) is 3. The number of imide groups is 2.